The molecule has 2 atom stereocenters. The number of rotatable bonds is 6. The number of urea groups is 1. The number of aromatic nitrogens is 1. The van der Waals surface area contributed by atoms with Crippen LogP contribution in [0.4, 0.5) is 4.79 Å². The van der Waals surface area contributed by atoms with Crippen LogP contribution in [0.3, 0.4) is 0 Å². The van der Waals surface area contributed by atoms with Crippen molar-refractivity contribution in [2.45, 2.75) is 25.4 Å². The van der Waals surface area contributed by atoms with Crippen molar-refractivity contribution < 1.29 is 14.4 Å². The van der Waals surface area contributed by atoms with E-state index in [0.29, 0.717) is 6.42 Å². The monoisotopic (exact) mass is 440 g/mol. The summed E-state index contributed by atoms with van der Waals surface area (Å²) in [6.45, 7) is 1.57. The zero-order valence-electron chi connectivity index (χ0n) is 18.2. The highest BCUT2D eigenvalue weighted by Gasteiger charge is 2.39. The van der Waals surface area contributed by atoms with Gasteiger partial charge >= 0.3 is 6.03 Å². The summed E-state index contributed by atoms with van der Waals surface area (Å²) in [5, 5.41) is 8.83. The summed E-state index contributed by atoms with van der Waals surface area (Å²) >= 11 is 0. The first-order valence-corrected chi connectivity index (χ1v) is 10.9. The first-order valence-electron chi connectivity index (χ1n) is 10.9. The van der Waals surface area contributed by atoms with Crippen LogP contribution >= 0.6 is 0 Å². The summed E-state index contributed by atoms with van der Waals surface area (Å²) in [6.07, 6.45) is 2.21. The van der Waals surface area contributed by atoms with Crippen molar-refractivity contribution in [1.29, 1.82) is 0 Å². The smallest absolute Gasteiger partial charge is 0.325 e. The van der Waals surface area contributed by atoms with E-state index in [9.17, 15) is 14.4 Å². The number of amides is 4. The second-order valence-corrected chi connectivity index (χ2v) is 8.39. The van der Waals surface area contributed by atoms with Gasteiger partial charge in [-0.3, -0.25) is 14.5 Å². The van der Waals surface area contributed by atoms with Gasteiger partial charge in [0.25, 0.3) is 5.91 Å². The lowest BCUT2D eigenvalue weighted by atomic mass is 10.0. The van der Waals surface area contributed by atoms with E-state index < -0.39 is 18.0 Å². The van der Waals surface area contributed by atoms with E-state index in [2.05, 4.69) is 15.6 Å². The molecule has 0 radical (unpaired) electrons. The molecule has 1 aromatic heterocycles. The highest BCUT2D eigenvalue weighted by Crippen LogP contribution is 2.22. The summed E-state index contributed by atoms with van der Waals surface area (Å²) in [4.78, 5) is 42.1. The maximum atomic E-state index is 12.9. The number of H-pyrrole nitrogens is 1. The topological polar surface area (TPSA) is 94.3 Å². The van der Waals surface area contributed by atoms with Gasteiger partial charge in [0.1, 0.15) is 12.6 Å². The predicted molar refractivity (Wildman–Crippen MR) is 127 cm³/mol. The number of aromatic amines is 1. The molecule has 3 N–H and O–H groups in total. The molecule has 7 nitrogen and oxygen atoms in total. The fraction of sp³-hybridized carbons (Fsp3) is 0.192. The largest absolute Gasteiger partial charge is 0.361 e. The zero-order valence-corrected chi connectivity index (χ0v) is 18.2. The molecule has 0 saturated carbocycles. The third-order valence-electron chi connectivity index (χ3n) is 6.16. The fourth-order valence-electron chi connectivity index (χ4n) is 4.38. The first kappa shape index (κ1) is 20.8. The summed E-state index contributed by atoms with van der Waals surface area (Å²) < 4.78 is 0. The molecule has 4 aromatic rings. The molecule has 0 spiro atoms. The fourth-order valence-corrected chi connectivity index (χ4v) is 4.38. The Bertz CT molecular complexity index is 1380. The predicted octanol–water partition coefficient (Wildman–Crippen LogP) is 3.66. The van der Waals surface area contributed by atoms with Crippen molar-refractivity contribution in [2.24, 2.45) is 0 Å². The van der Waals surface area contributed by atoms with Crippen LogP contribution < -0.4 is 10.6 Å². The molecule has 166 valence electrons. The average Bonchev–Trinajstić information content (AvgIpc) is 3.35. The minimum atomic E-state index is -0.692. The molecule has 1 aliphatic rings. The molecule has 5 rings (SSSR count). The number of benzene rings is 3. The van der Waals surface area contributed by atoms with Crippen LogP contribution in [-0.4, -0.2) is 40.3 Å². The third-order valence-corrected chi connectivity index (χ3v) is 6.16. The van der Waals surface area contributed by atoms with Gasteiger partial charge in [-0.1, -0.05) is 54.6 Å². The molecule has 4 amide bonds. The van der Waals surface area contributed by atoms with Crippen molar-refractivity contribution in [2.75, 3.05) is 6.54 Å². The lowest BCUT2D eigenvalue weighted by Crippen LogP contribution is -2.42. The number of nitrogens with one attached hydrogen (secondary N) is 3. The second-order valence-electron chi connectivity index (χ2n) is 8.39. The summed E-state index contributed by atoms with van der Waals surface area (Å²) in [5.74, 6) is -0.773. The Labute approximate surface area is 190 Å². The molecule has 2 heterocycles. The standard InChI is InChI=1S/C26H24N4O3/c1-16(18-11-10-17-6-2-3-7-19(17)12-18)28-24(31)15-30-25(32)23(29-26(30)33)13-20-14-27-22-9-5-4-8-21(20)22/h2-12,14,16,23,27H,13,15H2,1H3,(H,28,31)(H,29,33). The first-order chi connectivity index (χ1) is 16.0. The normalized spacial score (nSPS) is 16.9. The number of carbonyl (C=O) groups is 3. The van der Waals surface area contributed by atoms with Gasteiger partial charge in [0.2, 0.25) is 5.91 Å². The van der Waals surface area contributed by atoms with Gasteiger partial charge in [-0.2, -0.15) is 0 Å². The number of fused-ring (bicyclic) bond motifs is 2. The summed E-state index contributed by atoms with van der Waals surface area (Å²) in [6, 6.07) is 20.3. The van der Waals surface area contributed by atoms with Gasteiger partial charge in [-0.05, 0) is 41.0 Å². The van der Waals surface area contributed by atoms with E-state index in [-0.39, 0.29) is 18.5 Å². The summed E-state index contributed by atoms with van der Waals surface area (Å²) in [5.41, 5.74) is 2.88. The molecule has 1 fully saturated rings. The third kappa shape index (κ3) is 4.05. The SMILES string of the molecule is CC(NC(=O)CN1C(=O)NC(Cc2c[nH]c3ccccc23)C1=O)c1ccc2ccccc2c1. The minimum Gasteiger partial charge on any atom is -0.361 e. The Morgan fingerprint density at radius 2 is 1.79 bits per heavy atom. The number of hydrogen-bond donors (Lipinski definition) is 3. The molecule has 0 aliphatic carbocycles. The Balaban J connectivity index is 1.23. The minimum absolute atomic E-state index is 0.259. The number of hydrogen-bond acceptors (Lipinski definition) is 3. The van der Waals surface area contributed by atoms with Crippen LogP contribution in [0.1, 0.15) is 24.1 Å². The number of para-hydroxylation sites is 1. The van der Waals surface area contributed by atoms with E-state index in [1.807, 2.05) is 79.9 Å². The van der Waals surface area contributed by atoms with E-state index in [1.165, 1.54) is 0 Å². The van der Waals surface area contributed by atoms with Crippen LogP contribution in [0.2, 0.25) is 0 Å². The Morgan fingerprint density at radius 3 is 2.64 bits per heavy atom. The van der Waals surface area contributed by atoms with Crippen molar-refractivity contribution in [1.82, 2.24) is 20.5 Å². The maximum Gasteiger partial charge on any atom is 0.325 e. The van der Waals surface area contributed by atoms with E-state index in [0.717, 1.165) is 37.7 Å². The van der Waals surface area contributed by atoms with E-state index >= 15 is 0 Å². The molecule has 2 unspecified atom stereocenters. The van der Waals surface area contributed by atoms with Gasteiger partial charge in [0.05, 0.1) is 6.04 Å². The number of imide groups is 1. The highest BCUT2D eigenvalue weighted by atomic mass is 16.2. The van der Waals surface area contributed by atoms with Crippen molar-refractivity contribution in [3.05, 3.63) is 84.1 Å². The average molecular weight is 441 g/mol. The zero-order chi connectivity index (χ0) is 22.9. The molecule has 33 heavy (non-hydrogen) atoms. The van der Waals surface area contributed by atoms with Gasteiger partial charge in [0.15, 0.2) is 0 Å². The molecular formula is C26H24N4O3. The molecule has 1 aliphatic heterocycles. The van der Waals surface area contributed by atoms with Gasteiger partial charge in [-0.25, -0.2) is 4.79 Å². The number of nitrogens with zero attached hydrogens (tertiary/aromatic N) is 1. The maximum absolute atomic E-state index is 12.9. The molecule has 1 saturated heterocycles. The van der Waals surface area contributed by atoms with Gasteiger partial charge in [-0.15, -0.1) is 0 Å². The molecule has 0 bridgehead atoms. The van der Waals surface area contributed by atoms with E-state index in [1.54, 1.807) is 0 Å². The van der Waals surface area contributed by atoms with Crippen molar-refractivity contribution in [3.63, 3.8) is 0 Å². The lowest BCUT2D eigenvalue weighted by Gasteiger charge is -2.18. The van der Waals surface area contributed by atoms with Gasteiger partial charge < -0.3 is 15.6 Å². The molecular weight excluding hydrogens is 416 g/mol. The van der Waals surface area contributed by atoms with Crippen LogP contribution in [0.15, 0.2) is 72.9 Å². The quantitative estimate of drug-likeness (QED) is 0.400. The van der Waals surface area contributed by atoms with Crippen LogP contribution in [0, 0.1) is 0 Å². The van der Waals surface area contributed by atoms with Crippen LogP contribution in [0.5, 0.6) is 0 Å². The van der Waals surface area contributed by atoms with Gasteiger partial charge in [0, 0.05) is 23.5 Å². The molecule has 7 heteroatoms. The Hall–Kier alpha value is -4.13. The van der Waals surface area contributed by atoms with Crippen LogP contribution in [-0.2, 0) is 16.0 Å². The lowest BCUT2D eigenvalue weighted by molar-refractivity contribution is -0.132. The van der Waals surface area contributed by atoms with Crippen molar-refractivity contribution in [3.8, 4) is 0 Å². The molecule has 3 aromatic carbocycles. The highest BCUT2D eigenvalue weighted by molar-refractivity contribution is 6.06. The van der Waals surface area contributed by atoms with Crippen molar-refractivity contribution >= 4 is 39.5 Å². The summed E-state index contributed by atoms with van der Waals surface area (Å²) in [7, 11) is 0. The number of carbonyl (C=O) groups excluding carboxylic acids is 3. The van der Waals surface area contributed by atoms with E-state index in [4.69, 9.17) is 0 Å². The Kier molecular flexibility index (Phi) is 5.30. The van der Waals surface area contributed by atoms with Crippen LogP contribution in [0.25, 0.3) is 21.7 Å². The second kappa shape index (κ2) is 8.43. The Morgan fingerprint density at radius 1 is 1.03 bits per heavy atom.